The van der Waals surface area contributed by atoms with Crippen LogP contribution in [0.15, 0.2) is 54.9 Å². The van der Waals surface area contributed by atoms with Crippen molar-refractivity contribution in [2.24, 2.45) is 0 Å². The second-order valence-electron chi connectivity index (χ2n) is 7.63. The number of amides is 2. The standard InChI is InChI=1S/C24H24N4O2/c1-16-4-6-19(7-5-16)20-10-21(12-22(11-20)24(30)28-8-3-9-28)23(29)27-15-18-13-25-17(2)26-14-18/h4-7,10-14H,3,8-9,15H2,1-2H3,(H,27,29). The monoisotopic (exact) mass is 400 g/mol. The van der Waals surface area contributed by atoms with E-state index < -0.39 is 0 Å². The van der Waals surface area contributed by atoms with Crippen LogP contribution in [0, 0.1) is 13.8 Å². The van der Waals surface area contributed by atoms with E-state index in [9.17, 15) is 9.59 Å². The molecule has 1 fully saturated rings. The van der Waals surface area contributed by atoms with Gasteiger partial charge < -0.3 is 10.2 Å². The quantitative estimate of drug-likeness (QED) is 0.711. The Balaban J connectivity index is 1.62. The summed E-state index contributed by atoms with van der Waals surface area (Å²) in [4.78, 5) is 35.8. The number of likely N-dealkylation sites (tertiary alicyclic amines) is 1. The highest BCUT2D eigenvalue weighted by molar-refractivity contribution is 6.01. The number of carbonyl (C=O) groups excluding carboxylic acids is 2. The molecule has 1 aliphatic rings. The van der Waals surface area contributed by atoms with Crippen LogP contribution in [0.1, 0.15) is 44.1 Å². The molecular weight excluding hydrogens is 376 g/mol. The summed E-state index contributed by atoms with van der Waals surface area (Å²) in [5, 5.41) is 2.90. The molecule has 0 radical (unpaired) electrons. The molecule has 4 rings (SSSR count). The van der Waals surface area contributed by atoms with Gasteiger partial charge in [-0.3, -0.25) is 9.59 Å². The number of nitrogens with one attached hydrogen (secondary N) is 1. The summed E-state index contributed by atoms with van der Waals surface area (Å²) in [5.41, 5.74) is 4.80. The summed E-state index contributed by atoms with van der Waals surface area (Å²) >= 11 is 0. The van der Waals surface area contributed by atoms with Gasteiger partial charge in [0.2, 0.25) is 0 Å². The molecule has 2 heterocycles. The van der Waals surface area contributed by atoms with E-state index >= 15 is 0 Å². The molecule has 2 amide bonds. The van der Waals surface area contributed by atoms with Crippen LogP contribution in [0.4, 0.5) is 0 Å². The van der Waals surface area contributed by atoms with E-state index in [1.807, 2.05) is 50.2 Å². The Bertz CT molecular complexity index is 1070. The number of rotatable bonds is 5. The first kappa shape index (κ1) is 19.8. The highest BCUT2D eigenvalue weighted by Crippen LogP contribution is 2.25. The zero-order valence-electron chi connectivity index (χ0n) is 17.2. The average molecular weight is 400 g/mol. The van der Waals surface area contributed by atoms with Crippen LogP contribution in [0.25, 0.3) is 11.1 Å². The Morgan fingerprint density at radius 2 is 1.60 bits per heavy atom. The molecule has 0 unspecified atom stereocenters. The largest absolute Gasteiger partial charge is 0.348 e. The smallest absolute Gasteiger partial charge is 0.253 e. The van der Waals surface area contributed by atoms with Gasteiger partial charge in [0.15, 0.2) is 0 Å². The van der Waals surface area contributed by atoms with Crippen molar-refractivity contribution in [1.29, 1.82) is 0 Å². The molecule has 152 valence electrons. The van der Waals surface area contributed by atoms with E-state index in [1.54, 1.807) is 23.4 Å². The van der Waals surface area contributed by atoms with Crippen molar-refractivity contribution in [1.82, 2.24) is 20.2 Å². The zero-order chi connectivity index (χ0) is 21.1. The highest BCUT2D eigenvalue weighted by Gasteiger charge is 2.23. The second-order valence-corrected chi connectivity index (χ2v) is 7.63. The van der Waals surface area contributed by atoms with Gasteiger partial charge in [-0.15, -0.1) is 0 Å². The van der Waals surface area contributed by atoms with Crippen molar-refractivity contribution in [2.45, 2.75) is 26.8 Å². The van der Waals surface area contributed by atoms with E-state index in [1.165, 1.54) is 0 Å². The minimum Gasteiger partial charge on any atom is -0.348 e. The average Bonchev–Trinajstić information content (AvgIpc) is 2.72. The molecule has 1 aliphatic heterocycles. The maximum atomic E-state index is 12.9. The predicted molar refractivity (Wildman–Crippen MR) is 115 cm³/mol. The minimum atomic E-state index is -0.234. The van der Waals surface area contributed by atoms with E-state index in [4.69, 9.17) is 0 Å². The Kier molecular flexibility index (Phi) is 5.57. The number of aromatic nitrogens is 2. The van der Waals surface area contributed by atoms with Crippen molar-refractivity contribution in [2.75, 3.05) is 13.1 Å². The molecule has 2 aromatic carbocycles. The third kappa shape index (κ3) is 4.38. The van der Waals surface area contributed by atoms with Crippen molar-refractivity contribution in [3.8, 4) is 11.1 Å². The maximum Gasteiger partial charge on any atom is 0.253 e. The summed E-state index contributed by atoms with van der Waals surface area (Å²) < 4.78 is 0. The lowest BCUT2D eigenvalue weighted by Crippen LogP contribution is -2.42. The molecule has 0 spiro atoms. The summed E-state index contributed by atoms with van der Waals surface area (Å²) in [6.07, 6.45) is 4.42. The third-order valence-corrected chi connectivity index (χ3v) is 5.26. The fourth-order valence-corrected chi connectivity index (χ4v) is 3.29. The van der Waals surface area contributed by atoms with Gasteiger partial charge in [-0.2, -0.15) is 0 Å². The van der Waals surface area contributed by atoms with E-state index in [0.29, 0.717) is 23.5 Å². The lowest BCUT2D eigenvalue weighted by Gasteiger charge is -2.31. The van der Waals surface area contributed by atoms with Gasteiger partial charge in [0.05, 0.1) is 0 Å². The van der Waals surface area contributed by atoms with Gasteiger partial charge in [-0.25, -0.2) is 9.97 Å². The maximum absolute atomic E-state index is 12.9. The number of hydrogen-bond acceptors (Lipinski definition) is 4. The Morgan fingerprint density at radius 1 is 0.933 bits per heavy atom. The van der Waals surface area contributed by atoms with Gasteiger partial charge in [-0.1, -0.05) is 29.8 Å². The van der Waals surface area contributed by atoms with Crippen LogP contribution in [0.5, 0.6) is 0 Å². The molecule has 0 aliphatic carbocycles. The van der Waals surface area contributed by atoms with Crippen LogP contribution >= 0.6 is 0 Å². The van der Waals surface area contributed by atoms with E-state index in [0.717, 1.165) is 41.8 Å². The number of carbonyl (C=O) groups is 2. The lowest BCUT2D eigenvalue weighted by atomic mass is 9.97. The summed E-state index contributed by atoms with van der Waals surface area (Å²) in [6.45, 7) is 5.70. The topological polar surface area (TPSA) is 75.2 Å². The van der Waals surface area contributed by atoms with E-state index in [-0.39, 0.29) is 11.8 Å². The van der Waals surface area contributed by atoms with Gasteiger partial charge in [-0.05, 0) is 49.6 Å². The van der Waals surface area contributed by atoms with Crippen LogP contribution in [0.3, 0.4) is 0 Å². The summed E-state index contributed by atoms with van der Waals surface area (Å²) in [5.74, 6) is 0.420. The molecule has 1 aromatic heterocycles. The molecular formula is C24H24N4O2. The SMILES string of the molecule is Cc1ccc(-c2cc(C(=O)NCc3cnc(C)nc3)cc(C(=O)N3CCC3)c2)cc1. The minimum absolute atomic E-state index is 0.0313. The molecule has 6 heteroatoms. The summed E-state index contributed by atoms with van der Waals surface area (Å²) in [7, 11) is 0. The zero-order valence-corrected chi connectivity index (χ0v) is 17.2. The first-order valence-electron chi connectivity index (χ1n) is 10.1. The number of aryl methyl sites for hydroxylation is 2. The Hall–Kier alpha value is -3.54. The van der Waals surface area contributed by atoms with Gasteiger partial charge >= 0.3 is 0 Å². The molecule has 6 nitrogen and oxygen atoms in total. The highest BCUT2D eigenvalue weighted by atomic mass is 16.2. The molecule has 30 heavy (non-hydrogen) atoms. The number of nitrogens with zero attached hydrogens (tertiary/aromatic N) is 3. The molecule has 0 atom stereocenters. The summed E-state index contributed by atoms with van der Waals surface area (Å²) in [6, 6.07) is 13.4. The second kappa shape index (κ2) is 8.45. The van der Waals surface area contributed by atoms with Gasteiger partial charge in [0.25, 0.3) is 11.8 Å². The fourth-order valence-electron chi connectivity index (χ4n) is 3.29. The van der Waals surface area contributed by atoms with Crippen molar-refractivity contribution in [3.05, 3.63) is 82.9 Å². The fraction of sp³-hybridized carbons (Fsp3) is 0.250. The number of benzene rings is 2. The molecule has 1 saturated heterocycles. The van der Waals surface area contributed by atoms with Crippen LogP contribution in [-0.4, -0.2) is 39.8 Å². The molecule has 0 bridgehead atoms. The number of hydrogen-bond donors (Lipinski definition) is 1. The van der Waals surface area contributed by atoms with E-state index in [2.05, 4.69) is 15.3 Å². The van der Waals surface area contributed by atoms with Crippen molar-refractivity contribution in [3.63, 3.8) is 0 Å². The Labute approximate surface area is 176 Å². The predicted octanol–water partition coefficient (Wildman–Crippen LogP) is 3.54. The third-order valence-electron chi connectivity index (χ3n) is 5.26. The lowest BCUT2D eigenvalue weighted by molar-refractivity contribution is 0.0652. The first-order valence-corrected chi connectivity index (χ1v) is 10.1. The molecule has 1 N–H and O–H groups in total. The first-order chi connectivity index (χ1) is 14.5. The van der Waals surface area contributed by atoms with Crippen LogP contribution < -0.4 is 5.32 Å². The van der Waals surface area contributed by atoms with Crippen molar-refractivity contribution < 1.29 is 9.59 Å². The van der Waals surface area contributed by atoms with Gasteiger partial charge in [0.1, 0.15) is 5.82 Å². The van der Waals surface area contributed by atoms with Crippen molar-refractivity contribution >= 4 is 11.8 Å². The normalized spacial score (nSPS) is 12.9. The molecule has 0 saturated carbocycles. The van der Waals surface area contributed by atoms with Crippen LogP contribution in [0.2, 0.25) is 0 Å². The van der Waals surface area contributed by atoms with Crippen LogP contribution in [-0.2, 0) is 6.54 Å². The Morgan fingerprint density at radius 3 is 2.23 bits per heavy atom. The molecule has 3 aromatic rings. The van der Waals surface area contributed by atoms with Gasteiger partial charge in [0, 0.05) is 48.7 Å².